The zero-order valence-electron chi connectivity index (χ0n) is 40.0. The quantitative estimate of drug-likeness (QED) is 0.0263. The molecule has 0 aliphatic carbocycles. The molecule has 0 aromatic carbocycles. The van der Waals surface area contributed by atoms with E-state index in [9.17, 15) is 14.4 Å². The summed E-state index contributed by atoms with van der Waals surface area (Å²) in [6, 6.07) is 0. The van der Waals surface area contributed by atoms with E-state index in [1.807, 2.05) is 0 Å². The zero-order valence-corrected chi connectivity index (χ0v) is 40.0. The van der Waals surface area contributed by atoms with Gasteiger partial charge >= 0.3 is 17.9 Å². The van der Waals surface area contributed by atoms with Crippen LogP contribution in [0.25, 0.3) is 0 Å². The Kier molecular flexibility index (Phi) is 47.3. The van der Waals surface area contributed by atoms with Gasteiger partial charge in [-0.2, -0.15) is 0 Å². The molecule has 350 valence electrons. The number of hydrogen-bond acceptors (Lipinski definition) is 6. The summed E-state index contributed by atoms with van der Waals surface area (Å²) in [4.78, 5) is 37.7. The standard InChI is InChI=1S/C54H98O6/c1-4-7-10-13-16-18-20-21-22-23-24-25-26-27-28-29-30-31-32-33-34-36-38-41-44-47-53(56)59-50-51(49-58-52(55)46-43-40-37-15-12-9-6-3)60-54(57)48-45-42-39-35-19-17-14-11-8-5-2/h20-21,23-24,26-27,51H,4-19,22,25,28-50H2,1-3H3/b21-20-,24-23-,27-26-. The molecule has 0 amide bonds. The highest BCUT2D eigenvalue weighted by Crippen LogP contribution is 2.15. The van der Waals surface area contributed by atoms with Crippen molar-refractivity contribution in [3.05, 3.63) is 36.5 Å². The van der Waals surface area contributed by atoms with Gasteiger partial charge in [-0.1, -0.05) is 231 Å². The van der Waals surface area contributed by atoms with Crippen LogP contribution >= 0.6 is 0 Å². The molecule has 0 N–H and O–H groups in total. The maximum absolute atomic E-state index is 12.7. The summed E-state index contributed by atoms with van der Waals surface area (Å²) in [6.07, 6.45) is 57.3. The molecule has 0 aliphatic heterocycles. The van der Waals surface area contributed by atoms with E-state index < -0.39 is 6.10 Å². The first-order valence-corrected chi connectivity index (χ1v) is 26.0. The zero-order chi connectivity index (χ0) is 43.7. The maximum Gasteiger partial charge on any atom is 0.306 e. The molecule has 0 fully saturated rings. The van der Waals surface area contributed by atoms with Crippen molar-refractivity contribution in [1.29, 1.82) is 0 Å². The van der Waals surface area contributed by atoms with Gasteiger partial charge < -0.3 is 14.2 Å². The van der Waals surface area contributed by atoms with Crippen molar-refractivity contribution in [3.63, 3.8) is 0 Å². The molecule has 0 bridgehead atoms. The third kappa shape index (κ3) is 46.7. The molecule has 0 aromatic heterocycles. The highest BCUT2D eigenvalue weighted by atomic mass is 16.6. The predicted octanol–water partition coefficient (Wildman–Crippen LogP) is 16.9. The number of unbranched alkanes of at least 4 members (excludes halogenated alkanes) is 30. The van der Waals surface area contributed by atoms with Crippen LogP contribution in [0.2, 0.25) is 0 Å². The molecule has 0 saturated carbocycles. The molecule has 0 aromatic rings. The molecular formula is C54H98O6. The van der Waals surface area contributed by atoms with E-state index in [1.54, 1.807) is 0 Å². The smallest absolute Gasteiger partial charge is 0.306 e. The monoisotopic (exact) mass is 843 g/mol. The van der Waals surface area contributed by atoms with Crippen molar-refractivity contribution in [2.45, 2.75) is 277 Å². The minimum absolute atomic E-state index is 0.0704. The van der Waals surface area contributed by atoms with Gasteiger partial charge in [0.2, 0.25) is 0 Å². The number of carbonyl (C=O) groups is 3. The molecule has 6 nitrogen and oxygen atoms in total. The van der Waals surface area contributed by atoms with Gasteiger partial charge in [-0.15, -0.1) is 0 Å². The van der Waals surface area contributed by atoms with Gasteiger partial charge in [-0.3, -0.25) is 14.4 Å². The highest BCUT2D eigenvalue weighted by molar-refractivity contribution is 5.71. The molecule has 0 saturated heterocycles. The van der Waals surface area contributed by atoms with Crippen LogP contribution in [0, 0.1) is 0 Å². The summed E-state index contributed by atoms with van der Waals surface area (Å²) < 4.78 is 16.7. The lowest BCUT2D eigenvalue weighted by Crippen LogP contribution is -2.30. The first kappa shape index (κ1) is 57.6. The molecule has 60 heavy (non-hydrogen) atoms. The third-order valence-electron chi connectivity index (χ3n) is 11.4. The number of hydrogen-bond donors (Lipinski definition) is 0. The van der Waals surface area contributed by atoms with Crippen molar-refractivity contribution in [1.82, 2.24) is 0 Å². The first-order chi connectivity index (χ1) is 29.5. The van der Waals surface area contributed by atoms with Gasteiger partial charge in [0.15, 0.2) is 6.10 Å². The Morgan fingerprint density at radius 2 is 0.600 bits per heavy atom. The van der Waals surface area contributed by atoms with Crippen LogP contribution in [0.3, 0.4) is 0 Å². The van der Waals surface area contributed by atoms with Crippen LogP contribution in [0.4, 0.5) is 0 Å². The molecule has 0 rings (SSSR count). The predicted molar refractivity (Wildman–Crippen MR) is 256 cm³/mol. The van der Waals surface area contributed by atoms with E-state index >= 15 is 0 Å². The Bertz CT molecular complexity index is 1020. The average molecular weight is 843 g/mol. The van der Waals surface area contributed by atoms with E-state index in [-0.39, 0.29) is 31.1 Å². The largest absolute Gasteiger partial charge is 0.462 e. The second-order valence-corrected chi connectivity index (χ2v) is 17.4. The van der Waals surface area contributed by atoms with Crippen molar-refractivity contribution < 1.29 is 28.6 Å². The number of ether oxygens (including phenoxy) is 3. The topological polar surface area (TPSA) is 78.9 Å². The summed E-state index contributed by atoms with van der Waals surface area (Å²) in [5.74, 6) is -0.875. The maximum atomic E-state index is 12.7. The van der Waals surface area contributed by atoms with Crippen LogP contribution in [0.1, 0.15) is 271 Å². The lowest BCUT2D eigenvalue weighted by atomic mass is 10.1. The normalized spacial score (nSPS) is 12.2. The van der Waals surface area contributed by atoms with Gasteiger partial charge in [0.1, 0.15) is 13.2 Å². The summed E-state index contributed by atoms with van der Waals surface area (Å²) in [5, 5.41) is 0. The second kappa shape index (κ2) is 49.3. The molecule has 0 aliphatic rings. The Hall–Kier alpha value is -2.37. The summed E-state index contributed by atoms with van der Waals surface area (Å²) in [5.41, 5.74) is 0. The highest BCUT2D eigenvalue weighted by Gasteiger charge is 2.19. The molecule has 0 radical (unpaired) electrons. The number of allylic oxidation sites excluding steroid dienone is 6. The van der Waals surface area contributed by atoms with Crippen LogP contribution in [0.5, 0.6) is 0 Å². The van der Waals surface area contributed by atoms with Gasteiger partial charge in [0.05, 0.1) is 0 Å². The third-order valence-corrected chi connectivity index (χ3v) is 11.4. The van der Waals surface area contributed by atoms with Crippen LogP contribution < -0.4 is 0 Å². The first-order valence-electron chi connectivity index (χ1n) is 26.0. The van der Waals surface area contributed by atoms with Crippen molar-refractivity contribution in [3.8, 4) is 0 Å². The van der Waals surface area contributed by atoms with E-state index in [2.05, 4.69) is 57.2 Å². The van der Waals surface area contributed by atoms with Gasteiger partial charge in [-0.25, -0.2) is 0 Å². The number of carbonyl (C=O) groups excluding carboxylic acids is 3. The van der Waals surface area contributed by atoms with E-state index in [0.717, 1.165) is 70.6 Å². The van der Waals surface area contributed by atoms with Gasteiger partial charge in [-0.05, 0) is 57.8 Å². The molecule has 1 unspecified atom stereocenters. The van der Waals surface area contributed by atoms with Crippen molar-refractivity contribution in [2.24, 2.45) is 0 Å². The van der Waals surface area contributed by atoms with Crippen LogP contribution in [-0.4, -0.2) is 37.2 Å². The molecule has 0 heterocycles. The average Bonchev–Trinajstić information content (AvgIpc) is 3.24. The minimum atomic E-state index is -0.765. The number of esters is 3. The van der Waals surface area contributed by atoms with Gasteiger partial charge in [0.25, 0.3) is 0 Å². The Labute approximate surface area is 372 Å². The van der Waals surface area contributed by atoms with Crippen LogP contribution in [0.15, 0.2) is 36.5 Å². The van der Waals surface area contributed by atoms with E-state index in [0.29, 0.717) is 19.3 Å². The van der Waals surface area contributed by atoms with Crippen molar-refractivity contribution >= 4 is 17.9 Å². The van der Waals surface area contributed by atoms with E-state index in [1.165, 1.54) is 161 Å². The fourth-order valence-corrected chi connectivity index (χ4v) is 7.45. The summed E-state index contributed by atoms with van der Waals surface area (Å²) >= 11 is 0. The fraction of sp³-hybridized carbons (Fsp3) is 0.833. The Balaban J connectivity index is 4.10. The summed E-state index contributed by atoms with van der Waals surface area (Å²) in [6.45, 7) is 6.58. The molecule has 1 atom stereocenters. The molecule has 0 spiro atoms. The SMILES string of the molecule is CCCCCCC/C=C\C/C=C\C/C=C\CCCCCCCCCCCCC(=O)OCC(COC(=O)CCCCCCCCC)OC(=O)CCCCCCCCCCCC. The molecular weight excluding hydrogens is 745 g/mol. The fourth-order valence-electron chi connectivity index (χ4n) is 7.45. The number of rotatable bonds is 47. The van der Waals surface area contributed by atoms with E-state index in [4.69, 9.17) is 14.2 Å². The van der Waals surface area contributed by atoms with Crippen LogP contribution in [-0.2, 0) is 28.6 Å². The van der Waals surface area contributed by atoms with Gasteiger partial charge in [0, 0.05) is 19.3 Å². The molecule has 6 heteroatoms. The lowest BCUT2D eigenvalue weighted by molar-refractivity contribution is -0.167. The Morgan fingerprint density at radius 1 is 0.333 bits per heavy atom. The summed E-state index contributed by atoms with van der Waals surface area (Å²) in [7, 11) is 0. The van der Waals surface area contributed by atoms with Crippen molar-refractivity contribution in [2.75, 3.05) is 13.2 Å². The second-order valence-electron chi connectivity index (χ2n) is 17.4. The minimum Gasteiger partial charge on any atom is -0.462 e. The Morgan fingerprint density at radius 3 is 0.933 bits per heavy atom. The lowest BCUT2D eigenvalue weighted by Gasteiger charge is -2.18.